The molecule has 0 aromatic heterocycles. The highest BCUT2D eigenvalue weighted by Crippen LogP contribution is 2.41. The number of carbonyl (C=O) groups is 1. The first-order valence-electron chi connectivity index (χ1n) is 10.8. The molecule has 1 aliphatic rings. The van der Waals surface area contributed by atoms with Crippen LogP contribution in [0.3, 0.4) is 0 Å². The molecule has 0 aromatic carbocycles. The van der Waals surface area contributed by atoms with Crippen LogP contribution in [-0.2, 0) is 14.3 Å². The van der Waals surface area contributed by atoms with Gasteiger partial charge >= 0.3 is 5.97 Å². The summed E-state index contributed by atoms with van der Waals surface area (Å²) in [7, 11) is 1.72. The van der Waals surface area contributed by atoms with Gasteiger partial charge in [-0.3, -0.25) is 4.79 Å². The number of hydrogen-bond donors (Lipinski definition) is 2. The molecule has 1 aliphatic heterocycles. The summed E-state index contributed by atoms with van der Waals surface area (Å²) in [6.45, 7) is 18.0. The zero-order chi connectivity index (χ0) is 22.0. The summed E-state index contributed by atoms with van der Waals surface area (Å²) in [5.41, 5.74) is -0.752. The Bertz CT molecular complexity index is 515. The van der Waals surface area contributed by atoms with E-state index in [0.29, 0.717) is 5.92 Å². The second kappa shape index (κ2) is 9.44. The average molecular weight is 401 g/mol. The van der Waals surface area contributed by atoms with E-state index in [4.69, 9.17) is 9.47 Å². The molecule has 8 unspecified atom stereocenters. The monoisotopic (exact) mass is 400 g/mol. The minimum Gasteiger partial charge on any atom is -0.462 e. The van der Waals surface area contributed by atoms with Gasteiger partial charge in [0.05, 0.1) is 24.2 Å². The van der Waals surface area contributed by atoms with Gasteiger partial charge in [0.25, 0.3) is 0 Å². The van der Waals surface area contributed by atoms with Gasteiger partial charge in [-0.1, -0.05) is 48.5 Å². The van der Waals surface area contributed by atoms with Crippen LogP contribution >= 0.6 is 0 Å². The van der Waals surface area contributed by atoms with Gasteiger partial charge in [0.15, 0.2) is 0 Å². The molecule has 166 valence electrons. The number of rotatable bonds is 1. The minimum absolute atomic E-state index is 0.0760. The summed E-state index contributed by atoms with van der Waals surface area (Å²) in [6.07, 6.45) is -0.338. The molecule has 1 rings (SSSR count). The van der Waals surface area contributed by atoms with Gasteiger partial charge in [-0.2, -0.15) is 0 Å². The maximum Gasteiger partial charge on any atom is 0.311 e. The van der Waals surface area contributed by atoms with Crippen molar-refractivity contribution in [3.05, 3.63) is 0 Å². The van der Waals surface area contributed by atoms with Crippen molar-refractivity contribution in [2.24, 2.45) is 34.5 Å². The molecule has 1 fully saturated rings. The third-order valence-electron chi connectivity index (χ3n) is 7.21. The van der Waals surface area contributed by atoms with E-state index in [1.54, 1.807) is 14.0 Å². The van der Waals surface area contributed by atoms with E-state index in [1.807, 2.05) is 27.7 Å². The Kier molecular flexibility index (Phi) is 8.56. The number of methoxy groups -OCH3 is 1. The molecular weight excluding hydrogens is 356 g/mol. The van der Waals surface area contributed by atoms with Crippen LogP contribution in [0.4, 0.5) is 0 Å². The summed E-state index contributed by atoms with van der Waals surface area (Å²) >= 11 is 0. The summed E-state index contributed by atoms with van der Waals surface area (Å²) in [5.74, 6) is -0.918. The standard InChI is InChI=1S/C23H44O5/c1-13-11-14(2)20(27-10)23(8,9)17(5)28-21(26)16(4)18(24)15(3)19(25)22(6,7)12-13/h13-20,24-25H,11-12H2,1-10H3. The Labute approximate surface area is 172 Å². The van der Waals surface area contributed by atoms with Crippen LogP contribution in [0.1, 0.15) is 75.2 Å². The zero-order valence-electron chi connectivity index (χ0n) is 19.7. The second-order valence-corrected chi connectivity index (χ2v) is 10.7. The van der Waals surface area contributed by atoms with Crippen LogP contribution in [0.15, 0.2) is 0 Å². The maximum absolute atomic E-state index is 12.7. The van der Waals surface area contributed by atoms with Crippen molar-refractivity contribution >= 4 is 5.97 Å². The third kappa shape index (κ3) is 5.48. The lowest BCUT2D eigenvalue weighted by atomic mass is 9.69. The molecule has 5 heteroatoms. The van der Waals surface area contributed by atoms with Gasteiger partial charge in [0.1, 0.15) is 6.10 Å². The van der Waals surface area contributed by atoms with Gasteiger partial charge < -0.3 is 19.7 Å². The lowest BCUT2D eigenvalue weighted by molar-refractivity contribution is -0.174. The molecule has 1 heterocycles. The number of carbonyl (C=O) groups excluding carboxylic acids is 1. The van der Waals surface area contributed by atoms with E-state index in [-0.39, 0.29) is 29.0 Å². The van der Waals surface area contributed by atoms with Crippen LogP contribution in [0, 0.1) is 34.5 Å². The molecule has 0 spiro atoms. The van der Waals surface area contributed by atoms with E-state index in [0.717, 1.165) is 12.8 Å². The highest BCUT2D eigenvalue weighted by atomic mass is 16.5. The number of aliphatic hydroxyl groups is 2. The quantitative estimate of drug-likeness (QED) is 0.650. The van der Waals surface area contributed by atoms with Gasteiger partial charge in [-0.15, -0.1) is 0 Å². The van der Waals surface area contributed by atoms with Crippen molar-refractivity contribution in [2.45, 2.75) is 99.6 Å². The normalized spacial score (nSPS) is 43.1. The van der Waals surface area contributed by atoms with Crippen LogP contribution in [-0.4, -0.2) is 47.7 Å². The van der Waals surface area contributed by atoms with E-state index < -0.39 is 30.0 Å². The predicted molar refractivity (Wildman–Crippen MR) is 112 cm³/mol. The van der Waals surface area contributed by atoms with Crippen LogP contribution in [0.5, 0.6) is 0 Å². The summed E-state index contributed by atoms with van der Waals surface area (Å²) in [4.78, 5) is 12.7. The van der Waals surface area contributed by atoms with Crippen LogP contribution in [0.25, 0.3) is 0 Å². The number of cyclic esters (lactones) is 1. The smallest absolute Gasteiger partial charge is 0.311 e. The average Bonchev–Trinajstić information content (AvgIpc) is 2.57. The second-order valence-electron chi connectivity index (χ2n) is 10.7. The maximum atomic E-state index is 12.7. The molecule has 0 aliphatic carbocycles. The van der Waals surface area contributed by atoms with Gasteiger partial charge in [-0.05, 0) is 43.9 Å². The molecule has 0 amide bonds. The molecule has 1 saturated heterocycles. The Morgan fingerprint density at radius 3 is 2.07 bits per heavy atom. The fourth-order valence-corrected chi connectivity index (χ4v) is 5.29. The van der Waals surface area contributed by atoms with Gasteiger partial charge in [-0.25, -0.2) is 0 Å². The lowest BCUT2D eigenvalue weighted by Gasteiger charge is -2.44. The molecule has 2 N–H and O–H groups in total. The molecule has 8 atom stereocenters. The molecule has 0 aromatic rings. The fraction of sp³-hybridized carbons (Fsp3) is 0.957. The van der Waals surface area contributed by atoms with Crippen molar-refractivity contribution in [3.63, 3.8) is 0 Å². The number of aliphatic hydroxyl groups excluding tert-OH is 2. The fourth-order valence-electron chi connectivity index (χ4n) is 5.29. The predicted octanol–water partition coefficient (Wildman–Crippen LogP) is 4.05. The van der Waals surface area contributed by atoms with Gasteiger partial charge in [0.2, 0.25) is 0 Å². The molecule has 0 saturated carbocycles. The van der Waals surface area contributed by atoms with Crippen molar-refractivity contribution in [1.29, 1.82) is 0 Å². The molecular formula is C23H44O5. The summed E-state index contributed by atoms with van der Waals surface area (Å²) in [5, 5.41) is 21.7. The minimum atomic E-state index is -0.965. The number of ether oxygens (including phenoxy) is 2. The highest BCUT2D eigenvalue weighted by Gasteiger charge is 2.44. The Balaban J connectivity index is 3.31. The first kappa shape index (κ1) is 25.4. The topological polar surface area (TPSA) is 76.0 Å². The first-order chi connectivity index (χ1) is 12.7. The molecule has 0 radical (unpaired) electrons. The number of hydrogen-bond acceptors (Lipinski definition) is 5. The van der Waals surface area contributed by atoms with Crippen LogP contribution in [0.2, 0.25) is 0 Å². The Morgan fingerprint density at radius 2 is 1.57 bits per heavy atom. The highest BCUT2D eigenvalue weighted by molar-refractivity contribution is 5.73. The third-order valence-corrected chi connectivity index (χ3v) is 7.21. The van der Waals surface area contributed by atoms with Gasteiger partial charge in [0, 0.05) is 18.4 Å². The summed E-state index contributed by atoms with van der Waals surface area (Å²) in [6, 6.07) is 0. The Hall–Kier alpha value is -0.650. The zero-order valence-corrected chi connectivity index (χ0v) is 19.7. The van der Waals surface area contributed by atoms with E-state index in [1.165, 1.54) is 0 Å². The van der Waals surface area contributed by atoms with E-state index in [9.17, 15) is 15.0 Å². The number of esters is 1. The lowest BCUT2D eigenvalue weighted by Crippen LogP contribution is -2.49. The molecule has 5 nitrogen and oxygen atoms in total. The van der Waals surface area contributed by atoms with E-state index in [2.05, 4.69) is 27.7 Å². The summed E-state index contributed by atoms with van der Waals surface area (Å²) < 4.78 is 11.7. The SMILES string of the molecule is COC1C(C)CC(C)CC(C)(C)C(O)C(C)C(O)C(C)C(=O)OC(C)C1(C)C. The largest absolute Gasteiger partial charge is 0.462 e. The van der Waals surface area contributed by atoms with Crippen molar-refractivity contribution in [2.75, 3.05) is 7.11 Å². The van der Waals surface area contributed by atoms with Crippen molar-refractivity contribution in [3.8, 4) is 0 Å². The van der Waals surface area contributed by atoms with Crippen LogP contribution < -0.4 is 0 Å². The molecule has 0 bridgehead atoms. The first-order valence-corrected chi connectivity index (χ1v) is 10.8. The van der Waals surface area contributed by atoms with Crippen molar-refractivity contribution < 1.29 is 24.5 Å². The molecule has 28 heavy (non-hydrogen) atoms. The van der Waals surface area contributed by atoms with Crippen molar-refractivity contribution in [1.82, 2.24) is 0 Å². The van der Waals surface area contributed by atoms with E-state index >= 15 is 0 Å². The Morgan fingerprint density at radius 1 is 1.04 bits per heavy atom.